The number of nitrogens with zero attached hydrogens (tertiary/aromatic N) is 1. The van der Waals surface area contributed by atoms with Crippen LogP contribution in [0, 0.1) is 0 Å². The summed E-state index contributed by atoms with van der Waals surface area (Å²) in [5, 5.41) is 3.45. The van der Waals surface area contributed by atoms with Gasteiger partial charge in [0.1, 0.15) is 11.9 Å². The molecule has 20 heavy (non-hydrogen) atoms. The van der Waals surface area contributed by atoms with Crippen LogP contribution in [0.4, 0.5) is 0 Å². The predicted molar refractivity (Wildman–Crippen MR) is 79.6 cm³/mol. The highest BCUT2D eigenvalue weighted by Crippen LogP contribution is 2.27. The Morgan fingerprint density at radius 3 is 2.45 bits per heavy atom. The van der Waals surface area contributed by atoms with Crippen LogP contribution in [-0.2, 0) is 4.79 Å². The second-order valence-corrected chi connectivity index (χ2v) is 5.04. The van der Waals surface area contributed by atoms with E-state index in [1.165, 1.54) is 0 Å². The Labute approximate surface area is 121 Å². The summed E-state index contributed by atoms with van der Waals surface area (Å²) in [5.41, 5.74) is 1.11. The van der Waals surface area contributed by atoms with E-state index in [0.29, 0.717) is 6.61 Å². The molecule has 1 aromatic carbocycles. The lowest BCUT2D eigenvalue weighted by Gasteiger charge is -2.23. The average molecular weight is 276 g/mol. The summed E-state index contributed by atoms with van der Waals surface area (Å²) in [4.78, 5) is 14.2. The summed E-state index contributed by atoms with van der Waals surface area (Å²) in [7, 11) is 0. The normalized spacial score (nSPS) is 22.4. The van der Waals surface area contributed by atoms with Crippen molar-refractivity contribution in [2.45, 2.75) is 45.8 Å². The van der Waals surface area contributed by atoms with E-state index in [0.717, 1.165) is 30.7 Å². The topological polar surface area (TPSA) is 41.6 Å². The summed E-state index contributed by atoms with van der Waals surface area (Å²) >= 11 is 0. The fourth-order valence-corrected chi connectivity index (χ4v) is 2.70. The molecule has 4 heteroatoms. The molecule has 0 bridgehead atoms. The van der Waals surface area contributed by atoms with Crippen LogP contribution in [0.5, 0.6) is 5.75 Å². The van der Waals surface area contributed by atoms with Gasteiger partial charge in [0.2, 0.25) is 5.91 Å². The van der Waals surface area contributed by atoms with Gasteiger partial charge in [-0.3, -0.25) is 10.1 Å². The van der Waals surface area contributed by atoms with Crippen molar-refractivity contribution in [2.75, 3.05) is 13.2 Å². The molecule has 110 valence electrons. The molecule has 1 aliphatic rings. The fourth-order valence-electron chi connectivity index (χ4n) is 2.70. The lowest BCUT2D eigenvalue weighted by molar-refractivity contribution is -0.130. The Balaban J connectivity index is 2.15. The van der Waals surface area contributed by atoms with Crippen molar-refractivity contribution in [2.24, 2.45) is 0 Å². The quantitative estimate of drug-likeness (QED) is 0.868. The maximum absolute atomic E-state index is 12.3. The smallest absolute Gasteiger partial charge is 0.241 e. The molecular weight excluding hydrogens is 252 g/mol. The number of ether oxygens (including phenoxy) is 1. The third kappa shape index (κ3) is 2.96. The van der Waals surface area contributed by atoms with Gasteiger partial charge in [0.25, 0.3) is 0 Å². The van der Waals surface area contributed by atoms with Crippen molar-refractivity contribution in [3.05, 3.63) is 29.8 Å². The molecule has 1 heterocycles. The number of nitrogens with one attached hydrogen (secondary N) is 1. The van der Waals surface area contributed by atoms with Crippen molar-refractivity contribution < 1.29 is 9.53 Å². The molecule has 0 aliphatic carbocycles. The second kappa shape index (κ2) is 6.75. The minimum absolute atomic E-state index is 0.0141. The van der Waals surface area contributed by atoms with Gasteiger partial charge in [0, 0.05) is 6.54 Å². The number of carbonyl (C=O) groups is 1. The minimum Gasteiger partial charge on any atom is -0.494 e. The first kappa shape index (κ1) is 14.9. The molecule has 0 radical (unpaired) electrons. The van der Waals surface area contributed by atoms with Crippen molar-refractivity contribution >= 4 is 5.91 Å². The third-order valence-corrected chi connectivity index (χ3v) is 3.68. The molecule has 1 aromatic rings. The van der Waals surface area contributed by atoms with Crippen molar-refractivity contribution in [3.8, 4) is 5.75 Å². The van der Waals surface area contributed by atoms with Crippen molar-refractivity contribution in [1.29, 1.82) is 0 Å². The number of amides is 1. The van der Waals surface area contributed by atoms with Gasteiger partial charge in [0.05, 0.1) is 12.6 Å². The van der Waals surface area contributed by atoms with Crippen LogP contribution in [0.3, 0.4) is 0 Å². The molecule has 2 rings (SSSR count). The lowest BCUT2D eigenvalue weighted by Crippen LogP contribution is -2.30. The molecule has 1 aliphatic heterocycles. The molecule has 2 unspecified atom stereocenters. The van der Waals surface area contributed by atoms with E-state index < -0.39 is 0 Å². The van der Waals surface area contributed by atoms with Crippen LogP contribution in [0.15, 0.2) is 24.3 Å². The number of benzene rings is 1. The van der Waals surface area contributed by atoms with Gasteiger partial charge in [-0.1, -0.05) is 25.5 Å². The summed E-state index contributed by atoms with van der Waals surface area (Å²) in [6, 6.07) is 7.95. The van der Waals surface area contributed by atoms with Gasteiger partial charge in [-0.2, -0.15) is 0 Å². The summed E-state index contributed by atoms with van der Waals surface area (Å²) in [5.74, 6) is 1.09. The Bertz CT molecular complexity index is 444. The molecule has 1 amide bonds. The van der Waals surface area contributed by atoms with Crippen LogP contribution in [0.2, 0.25) is 0 Å². The first-order valence-corrected chi connectivity index (χ1v) is 7.50. The van der Waals surface area contributed by atoms with E-state index in [9.17, 15) is 4.79 Å². The fraction of sp³-hybridized carbons (Fsp3) is 0.562. The number of hydrogen-bond acceptors (Lipinski definition) is 3. The SMILES string of the molecule is CCCC1NC(c2ccc(OCC)cc2)N(CC)C1=O. The maximum atomic E-state index is 12.3. The van der Waals surface area contributed by atoms with Crippen molar-refractivity contribution in [1.82, 2.24) is 10.2 Å². The minimum atomic E-state index is -0.0449. The standard InChI is InChI=1S/C16H24N2O2/c1-4-7-14-16(19)18(5-2)15(17-14)12-8-10-13(11-9-12)20-6-3/h8-11,14-15,17H,4-7H2,1-3H3. The molecule has 1 fully saturated rings. The predicted octanol–water partition coefficient (Wildman–Crippen LogP) is 2.70. The zero-order valence-corrected chi connectivity index (χ0v) is 12.6. The highest BCUT2D eigenvalue weighted by Gasteiger charge is 2.37. The van der Waals surface area contributed by atoms with E-state index in [1.807, 2.05) is 43.0 Å². The van der Waals surface area contributed by atoms with E-state index >= 15 is 0 Å². The molecule has 0 spiro atoms. The average Bonchev–Trinajstić information content (AvgIpc) is 2.77. The van der Waals surface area contributed by atoms with Crippen LogP contribution in [0.25, 0.3) is 0 Å². The largest absolute Gasteiger partial charge is 0.494 e. The van der Waals surface area contributed by atoms with Crippen LogP contribution >= 0.6 is 0 Å². The van der Waals surface area contributed by atoms with Crippen LogP contribution < -0.4 is 10.1 Å². The van der Waals surface area contributed by atoms with Gasteiger partial charge in [-0.15, -0.1) is 0 Å². The third-order valence-electron chi connectivity index (χ3n) is 3.68. The van der Waals surface area contributed by atoms with Crippen LogP contribution in [-0.4, -0.2) is 30.0 Å². The zero-order chi connectivity index (χ0) is 14.5. The molecule has 2 atom stereocenters. The molecule has 1 N–H and O–H groups in total. The highest BCUT2D eigenvalue weighted by molar-refractivity contribution is 5.84. The summed E-state index contributed by atoms with van der Waals surface area (Å²) in [6.07, 6.45) is 1.89. The second-order valence-electron chi connectivity index (χ2n) is 5.04. The monoisotopic (exact) mass is 276 g/mol. The summed E-state index contributed by atoms with van der Waals surface area (Å²) in [6.45, 7) is 7.49. The van der Waals surface area contributed by atoms with Gasteiger partial charge < -0.3 is 9.64 Å². The van der Waals surface area contributed by atoms with E-state index in [1.54, 1.807) is 0 Å². The first-order chi connectivity index (χ1) is 9.71. The van der Waals surface area contributed by atoms with Crippen molar-refractivity contribution in [3.63, 3.8) is 0 Å². The summed E-state index contributed by atoms with van der Waals surface area (Å²) < 4.78 is 5.46. The molecule has 4 nitrogen and oxygen atoms in total. The number of likely N-dealkylation sites (N-methyl/N-ethyl adjacent to an activating group) is 1. The van der Waals surface area contributed by atoms with E-state index in [4.69, 9.17) is 4.74 Å². The van der Waals surface area contributed by atoms with Gasteiger partial charge >= 0.3 is 0 Å². The Kier molecular flexibility index (Phi) is 5.01. The van der Waals surface area contributed by atoms with E-state index in [2.05, 4.69) is 12.2 Å². The zero-order valence-electron chi connectivity index (χ0n) is 12.6. The van der Waals surface area contributed by atoms with Crippen LogP contribution in [0.1, 0.15) is 45.3 Å². The number of rotatable bonds is 6. The van der Waals surface area contributed by atoms with Gasteiger partial charge in [-0.05, 0) is 38.0 Å². The lowest BCUT2D eigenvalue weighted by atomic mass is 10.1. The first-order valence-electron chi connectivity index (χ1n) is 7.50. The maximum Gasteiger partial charge on any atom is 0.241 e. The molecule has 1 saturated heterocycles. The van der Waals surface area contributed by atoms with Gasteiger partial charge in [-0.25, -0.2) is 0 Å². The Morgan fingerprint density at radius 1 is 1.20 bits per heavy atom. The van der Waals surface area contributed by atoms with Gasteiger partial charge in [0.15, 0.2) is 0 Å². The van der Waals surface area contributed by atoms with E-state index in [-0.39, 0.29) is 18.1 Å². The highest BCUT2D eigenvalue weighted by atomic mass is 16.5. The number of carbonyl (C=O) groups excluding carboxylic acids is 1. The molecule has 0 saturated carbocycles. The Hall–Kier alpha value is -1.55. The molecular formula is C16H24N2O2. The Morgan fingerprint density at radius 2 is 1.90 bits per heavy atom. The number of hydrogen-bond donors (Lipinski definition) is 1. The molecule has 0 aromatic heterocycles.